The number of amides is 1. The van der Waals surface area contributed by atoms with E-state index < -0.39 is 5.91 Å². The Morgan fingerprint density at radius 2 is 1.68 bits per heavy atom. The summed E-state index contributed by atoms with van der Waals surface area (Å²) in [5.41, 5.74) is 6.93. The Morgan fingerprint density at radius 3 is 2.28 bits per heavy atom. The Morgan fingerprint density at radius 1 is 1.08 bits per heavy atom. The number of benzene rings is 1. The second-order valence-corrected chi connectivity index (χ2v) is 6.99. The first-order chi connectivity index (χ1) is 11.0. The minimum Gasteiger partial charge on any atom is -0.364 e. The Hall–Kier alpha value is -1.34. The average molecular weight is 386 g/mol. The number of para-hydroxylation sites is 1. The molecule has 0 spiro atoms. The minimum absolute atomic E-state index is 0. The number of carbonyl (C=O) groups is 1. The van der Waals surface area contributed by atoms with E-state index >= 15 is 0 Å². The Labute approximate surface area is 160 Å². The van der Waals surface area contributed by atoms with E-state index in [4.69, 9.17) is 5.73 Å². The van der Waals surface area contributed by atoms with Gasteiger partial charge in [-0.3, -0.25) is 14.4 Å². The largest absolute Gasteiger partial charge is 0.364 e. The van der Waals surface area contributed by atoms with Crippen LogP contribution in [0.3, 0.4) is 0 Å². The number of aromatic nitrogens is 2. The molecule has 2 aliphatic rings. The van der Waals surface area contributed by atoms with Crippen molar-refractivity contribution in [1.29, 1.82) is 0 Å². The summed E-state index contributed by atoms with van der Waals surface area (Å²) in [6.07, 6.45) is 2.11. The van der Waals surface area contributed by atoms with Crippen LogP contribution in [-0.2, 0) is 0 Å². The van der Waals surface area contributed by atoms with Crippen LogP contribution >= 0.6 is 24.8 Å². The predicted octanol–water partition coefficient (Wildman–Crippen LogP) is 1.93. The van der Waals surface area contributed by atoms with E-state index in [-0.39, 0.29) is 24.8 Å². The summed E-state index contributed by atoms with van der Waals surface area (Å²) < 4.78 is 2.05. The average Bonchev–Trinajstić information content (AvgIpc) is 2.88. The van der Waals surface area contributed by atoms with Crippen molar-refractivity contribution in [2.75, 3.05) is 27.2 Å². The molecule has 138 valence electrons. The van der Waals surface area contributed by atoms with Crippen LogP contribution in [0.25, 0.3) is 10.9 Å². The quantitative estimate of drug-likeness (QED) is 0.857. The molecule has 2 aromatic rings. The van der Waals surface area contributed by atoms with Crippen LogP contribution in [0.15, 0.2) is 24.3 Å². The highest BCUT2D eigenvalue weighted by molar-refractivity contribution is 6.04. The molecule has 0 aliphatic carbocycles. The highest BCUT2D eigenvalue weighted by Gasteiger charge is 2.39. The van der Waals surface area contributed by atoms with E-state index in [0.29, 0.717) is 23.8 Å². The van der Waals surface area contributed by atoms with Crippen molar-refractivity contribution in [1.82, 2.24) is 19.6 Å². The van der Waals surface area contributed by atoms with Crippen molar-refractivity contribution in [3.63, 3.8) is 0 Å². The summed E-state index contributed by atoms with van der Waals surface area (Å²) in [5.74, 6) is -0.451. The number of nitrogens with zero attached hydrogens (tertiary/aromatic N) is 4. The lowest BCUT2D eigenvalue weighted by Gasteiger charge is -2.50. The maximum absolute atomic E-state index is 11.7. The van der Waals surface area contributed by atoms with Crippen molar-refractivity contribution in [2.45, 2.75) is 31.0 Å². The summed E-state index contributed by atoms with van der Waals surface area (Å²) in [7, 11) is 4.43. The van der Waals surface area contributed by atoms with Gasteiger partial charge in [-0.15, -0.1) is 24.8 Å². The number of halogens is 2. The van der Waals surface area contributed by atoms with Gasteiger partial charge in [-0.1, -0.05) is 18.2 Å². The lowest BCUT2D eigenvalue weighted by molar-refractivity contribution is -0.000173. The molecule has 4 rings (SSSR count). The second kappa shape index (κ2) is 7.50. The van der Waals surface area contributed by atoms with Gasteiger partial charge in [-0.2, -0.15) is 5.10 Å². The van der Waals surface area contributed by atoms with Crippen LogP contribution in [0.2, 0.25) is 0 Å². The predicted molar refractivity (Wildman–Crippen MR) is 104 cm³/mol. The van der Waals surface area contributed by atoms with Crippen molar-refractivity contribution in [2.24, 2.45) is 5.73 Å². The van der Waals surface area contributed by atoms with E-state index in [9.17, 15) is 4.79 Å². The number of likely N-dealkylation sites (N-methyl/N-ethyl adjacent to an activating group) is 2. The van der Waals surface area contributed by atoms with Crippen LogP contribution in [-0.4, -0.2) is 64.8 Å². The number of fused-ring (bicyclic) bond motifs is 3. The first-order valence-corrected chi connectivity index (χ1v) is 8.22. The number of piperazine rings is 1. The molecule has 2 fully saturated rings. The van der Waals surface area contributed by atoms with Crippen molar-refractivity contribution < 1.29 is 4.79 Å². The summed E-state index contributed by atoms with van der Waals surface area (Å²) >= 11 is 0. The first kappa shape index (κ1) is 20.0. The van der Waals surface area contributed by atoms with Gasteiger partial charge in [-0.05, 0) is 33.0 Å². The molecule has 25 heavy (non-hydrogen) atoms. The molecule has 3 heterocycles. The van der Waals surface area contributed by atoms with Gasteiger partial charge in [-0.25, -0.2) is 0 Å². The highest BCUT2D eigenvalue weighted by atomic mass is 35.5. The van der Waals surface area contributed by atoms with Crippen LogP contribution < -0.4 is 5.73 Å². The van der Waals surface area contributed by atoms with Crippen LogP contribution in [0.5, 0.6) is 0 Å². The molecule has 2 unspecified atom stereocenters. The number of likely N-dealkylation sites (tertiary alicyclic amines) is 1. The standard InChI is InChI=1S/C17H23N5O.2ClH/c1-20-9-12-7-11(8-13(10-20)21(12)2)22-15-6-4-3-5-14(15)16(19-22)17(18)23;;/h3-6,11-13H,7-10H2,1-2H3,(H2,18,23);2*1H. The number of nitrogens with two attached hydrogens (primary N) is 1. The number of rotatable bonds is 2. The second-order valence-electron chi connectivity index (χ2n) is 6.99. The normalized spacial score (nSPS) is 26.7. The topological polar surface area (TPSA) is 67.4 Å². The van der Waals surface area contributed by atoms with E-state index in [0.717, 1.165) is 36.8 Å². The molecule has 2 aliphatic heterocycles. The molecule has 1 amide bonds. The van der Waals surface area contributed by atoms with Gasteiger partial charge < -0.3 is 10.6 Å². The molecule has 0 radical (unpaired) electrons. The number of hydrogen-bond acceptors (Lipinski definition) is 4. The Balaban J connectivity index is 0.00000113. The molecule has 8 heteroatoms. The van der Waals surface area contributed by atoms with Gasteiger partial charge in [0.2, 0.25) is 0 Å². The minimum atomic E-state index is -0.451. The van der Waals surface area contributed by atoms with E-state index in [2.05, 4.69) is 29.0 Å². The van der Waals surface area contributed by atoms with Gasteiger partial charge in [0, 0.05) is 30.6 Å². The fraction of sp³-hybridized carbons (Fsp3) is 0.529. The van der Waals surface area contributed by atoms with Gasteiger partial charge in [0.25, 0.3) is 5.91 Å². The zero-order chi connectivity index (χ0) is 16.1. The number of primary amides is 1. The van der Waals surface area contributed by atoms with Crippen LogP contribution in [0.1, 0.15) is 29.4 Å². The lowest BCUT2D eigenvalue weighted by atomic mass is 9.88. The van der Waals surface area contributed by atoms with Gasteiger partial charge in [0.1, 0.15) is 0 Å². The zero-order valence-electron chi connectivity index (χ0n) is 14.5. The summed E-state index contributed by atoms with van der Waals surface area (Å²) in [4.78, 5) is 16.7. The fourth-order valence-electron chi connectivity index (χ4n) is 4.30. The molecule has 1 aromatic carbocycles. The molecule has 2 saturated heterocycles. The molecule has 1 aromatic heterocycles. The van der Waals surface area contributed by atoms with Crippen molar-refractivity contribution >= 4 is 41.6 Å². The van der Waals surface area contributed by atoms with Crippen LogP contribution in [0.4, 0.5) is 0 Å². The smallest absolute Gasteiger partial charge is 0.269 e. The SMILES string of the molecule is CN1CC2CC(n3nc(C(N)=O)c4ccccc43)CC(C1)N2C.Cl.Cl. The summed E-state index contributed by atoms with van der Waals surface area (Å²) in [6.45, 7) is 2.18. The van der Waals surface area contributed by atoms with Gasteiger partial charge in [0.15, 0.2) is 5.69 Å². The van der Waals surface area contributed by atoms with Crippen LogP contribution in [0, 0.1) is 0 Å². The van der Waals surface area contributed by atoms with E-state index in [1.807, 2.05) is 28.9 Å². The molecule has 2 atom stereocenters. The third-order valence-electron chi connectivity index (χ3n) is 5.48. The molecular formula is C17H25Cl2N5O. The fourth-order valence-corrected chi connectivity index (χ4v) is 4.30. The highest BCUT2D eigenvalue weighted by Crippen LogP contribution is 2.35. The van der Waals surface area contributed by atoms with Gasteiger partial charge in [0.05, 0.1) is 11.6 Å². The number of carbonyl (C=O) groups excluding carboxylic acids is 1. The number of piperidine rings is 1. The van der Waals surface area contributed by atoms with Gasteiger partial charge >= 0.3 is 0 Å². The maximum Gasteiger partial charge on any atom is 0.269 e. The molecule has 0 saturated carbocycles. The molecule has 2 N–H and O–H groups in total. The van der Waals surface area contributed by atoms with E-state index in [1.165, 1.54) is 0 Å². The number of hydrogen-bond donors (Lipinski definition) is 1. The molecular weight excluding hydrogens is 361 g/mol. The molecule has 2 bridgehead atoms. The lowest BCUT2D eigenvalue weighted by Crippen LogP contribution is -2.59. The van der Waals surface area contributed by atoms with Crippen molar-refractivity contribution in [3.05, 3.63) is 30.0 Å². The monoisotopic (exact) mass is 385 g/mol. The van der Waals surface area contributed by atoms with E-state index in [1.54, 1.807) is 0 Å². The third kappa shape index (κ3) is 3.36. The zero-order valence-corrected chi connectivity index (χ0v) is 16.1. The van der Waals surface area contributed by atoms with Crippen molar-refractivity contribution in [3.8, 4) is 0 Å². The Bertz CT molecular complexity index is 749. The molecule has 6 nitrogen and oxygen atoms in total. The maximum atomic E-state index is 11.7. The Kier molecular flexibility index (Phi) is 5.99. The third-order valence-corrected chi connectivity index (χ3v) is 5.48. The first-order valence-electron chi connectivity index (χ1n) is 8.22. The summed E-state index contributed by atoms with van der Waals surface area (Å²) in [6, 6.07) is 9.30. The summed E-state index contributed by atoms with van der Waals surface area (Å²) in [5, 5.41) is 5.46.